The molecule has 0 nitrogen and oxygen atoms in total. The lowest BCUT2D eigenvalue weighted by atomic mass is 9.67. The van der Waals surface area contributed by atoms with E-state index in [0.717, 1.165) is 12.3 Å². The van der Waals surface area contributed by atoms with Crippen molar-refractivity contribution in [3.8, 4) is 0 Å². The quantitative estimate of drug-likeness (QED) is 0.660. The van der Waals surface area contributed by atoms with Crippen molar-refractivity contribution >= 4 is 11.6 Å². The summed E-state index contributed by atoms with van der Waals surface area (Å²) in [6.45, 7) is 2.13. The van der Waals surface area contributed by atoms with Crippen LogP contribution in [0.15, 0.2) is 24.3 Å². The highest BCUT2D eigenvalue weighted by atomic mass is 35.5. The smallest absolute Gasteiger partial charge is 0.0283 e. The van der Waals surface area contributed by atoms with Crippen molar-refractivity contribution in [1.29, 1.82) is 0 Å². The first-order chi connectivity index (χ1) is 6.74. The van der Waals surface area contributed by atoms with Crippen molar-refractivity contribution in [2.45, 2.75) is 32.6 Å². The average molecular weight is 209 g/mol. The summed E-state index contributed by atoms with van der Waals surface area (Å²) in [6.07, 6.45) is 5.14. The van der Waals surface area contributed by atoms with E-state index in [1.807, 2.05) is 0 Å². The zero-order valence-corrected chi connectivity index (χ0v) is 9.48. The van der Waals surface area contributed by atoms with Crippen LogP contribution in [0.2, 0.25) is 0 Å². The van der Waals surface area contributed by atoms with Crippen LogP contribution in [-0.2, 0) is 6.42 Å². The molecule has 0 aliphatic heterocycles. The molecule has 0 amide bonds. The van der Waals surface area contributed by atoms with Crippen molar-refractivity contribution in [1.82, 2.24) is 0 Å². The van der Waals surface area contributed by atoms with E-state index in [9.17, 15) is 0 Å². The average Bonchev–Trinajstić information content (AvgIpc) is 2.15. The Morgan fingerprint density at radius 1 is 1.21 bits per heavy atom. The maximum Gasteiger partial charge on any atom is 0.0283 e. The van der Waals surface area contributed by atoms with Gasteiger partial charge < -0.3 is 0 Å². The first-order valence-corrected chi connectivity index (χ1v) is 5.89. The molecule has 0 atom stereocenters. The summed E-state index contributed by atoms with van der Waals surface area (Å²) in [4.78, 5) is 0. The number of rotatable bonds is 3. The molecule has 76 valence electrons. The third-order valence-corrected chi connectivity index (χ3v) is 3.96. The highest BCUT2D eigenvalue weighted by molar-refractivity contribution is 6.18. The van der Waals surface area contributed by atoms with E-state index in [2.05, 4.69) is 31.2 Å². The van der Waals surface area contributed by atoms with Crippen LogP contribution in [0.1, 0.15) is 30.4 Å². The minimum absolute atomic E-state index is 0.427. The van der Waals surface area contributed by atoms with Gasteiger partial charge in [0.15, 0.2) is 0 Å². The van der Waals surface area contributed by atoms with Crippen molar-refractivity contribution in [2.75, 3.05) is 5.88 Å². The summed E-state index contributed by atoms with van der Waals surface area (Å²) < 4.78 is 0. The van der Waals surface area contributed by atoms with Crippen molar-refractivity contribution < 1.29 is 0 Å². The summed E-state index contributed by atoms with van der Waals surface area (Å²) in [5.41, 5.74) is 3.20. The van der Waals surface area contributed by atoms with Crippen LogP contribution in [0.5, 0.6) is 0 Å². The number of aryl methyl sites for hydroxylation is 1. The lowest BCUT2D eigenvalue weighted by molar-refractivity contribution is 0.166. The second-order valence-corrected chi connectivity index (χ2v) is 4.92. The Morgan fingerprint density at radius 3 is 2.29 bits per heavy atom. The highest BCUT2D eigenvalue weighted by Crippen LogP contribution is 2.44. The SMILES string of the molecule is Cc1ccc(CC2(CCl)CCC2)cc1. The van der Waals surface area contributed by atoms with Gasteiger partial charge in [-0.25, -0.2) is 0 Å². The zero-order valence-electron chi connectivity index (χ0n) is 8.72. The van der Waals surface area contributed by atoms with E-state index in [1.54, 1.807) is 0 Å². The molecule has 1 aliphatic carbocycles. The lowest BCUT2D eigenvalue weighted by Crippen LogP contribution is -2.33. The van der Waals surface area contributed by atoms with Crippen molar-refractivity contribution in [3.05, 3.63) is 35.4 Å². The highest BCUT2D eigenvalue weighted by Gasteiger charge is 2.35. The molecule has 0 heterocycles. The van der Waals surface area contributed by atoms with Gasteiger partial charge >= 0.3 is 0 Å². The molecule has 0 unspecified atom stereocenters. The Labute approximate surface area is 91.3 Å². The fraction of sp³-hybridized carbons (Fsp3) is 0.538. The Hall–Kier alpha value is -0.490. The van der Waals surface area contributed by atoms with Crippen LogP contribution >= 0.6 is 11.6 Å². The van der Waals surface area contributed by atoms with E-state index in [4.69, 9.17) is 11.6 Å². The number of hydrogen-bond acceptors (Lipinski definition) is 0. The van der Waals surface area contributed by atoms with Gasteiger partial charge in [0.25, 0.3) is 0 Å². The van der Waals surface area contributed by atoms with Gasteiger partial charge in [0.05, 0.1) is 0 Å². The molecule has 2 rings (SSSR count). The summed E-state index contributed by atoms with van der Waals surface area (Å²) in [6, 6.07) is 8.86. The third kappa shape index (κ3) is 1.95. The van der Waals surface area contributed by atoms with Gasteiger partial charge in [-0.1, -0.05) is 36.2 Å². The van der Waals surface area contributed by atoms with Crippen LogP contribution in [0.25, 0.3) is 0 Å². The summed E-state index contributed by atoms with van der Waals surface area (Å²) in [7, 11) is 0. The van der Waals surface area contributed by atoms with Gasteiger partial charge in [-0.2, -0.15) is 0 Å². The topological polar surface area (TPSA) is 0 Å². The molecule has 14 heavy (non-hydrogen) atoms. The second kappa shape index (κ2) is 3.94. The second-order valence-electron chi connectivity index (χ2n) is 4.65. The fourth-order valence-corrected chi connectivity index (χ4v) is 2.54. The fourth-order valence-electron chi connectivity index (χ4n) is 2.17. The van der Waals surface area contributed by atoms with Crippen LogP contribution in [0, 0.1) is 12.3 Å². The van der Waals surface area contributed by atoms with E-state index in [-0.39, 0.29) is 0 Å². The molecule has 1 heteroatoms. The number of halogens is 1. The molecule has 0 saturated heterocycles. The van der Waals surface area contributed by atoms with Gasteiger partial charge in [-0.15, -0.1) is 11.6 Å². The van der Waals surface area contributed by atoms with Crippen LogP contribution in [0.3, 0.4) is 0 Å². The van der Waals surface area contributed by atoms with E-state index < -0.39 is 0 Å². The molecular weight excluding hydrogens is 192 g/mol. The largest absolute Gasteiger partial charge is 0.126 e. The van der Waals surface area contributed by atoms with E-state index in [1.165, 1.54) is 30.4 Å². The molecule has 0 radical (unpaired) electrons. The predicted molar refractivity (Wildman–Crippen MR) is 61.9 cm³/mol. The molecule has 0 bridgehead atoms. The standard InChI is InChI=1S/C13H17Cl/c1-11-3-5-12(6-4-11)9-13(10-14)7-2-8-13/h3-6H,2,7-10H2,1H3. The molecule has 1 aliphatic rings. The molecule has 1 aromatic carbocycles. The molecule has 1 saturated carbocycles. The van der Waals surface area contributed by atoms with Gasteiger partial charge in [0.1, 0.15) is 0 Å². The van der Waals surface area contributed by atoms with Crippen LogP contribution < -0.4 is 0 Å². The molecule has 0 spiro atoms. The number of alkyl halides is 1. The first-order valence-electron chi connectivity index (χ1n) is 5.36. The maximum atomic E-state index is 6.04. The molecular formula is C13H17Cl. The monoisotopic (exact) mass is 208 g/mol. The molecule has 1 aromatic rings. The van der Waals surface area contributed by atoms with E-state index in [0.29, 0.717) is 5.41 Å². The number of hydrogen-bond donors (Lipinski definition) is 0. The minimum atomic E-state index is 0.427. The van der Waals surface area contributed by atoms with Crippen LogP contribution in [-0.4, -0.2) is 5.88 Å². The van der Waals surface area contributed by atoms with Crippen LogP contribution in [0.4, 0.5) is 0 Å². The first kappa shape index (κ1) is 10.0. The Bertz CT molecular complexity index is 290. The lowest BCUT2D eigenvalue weighted by Gasteiger charge is -2.40. The van der Waals surface area contributed by atoms with Crippen molar-refractivity contribution in [2.24, 2.45) is 5.41 Å². The molecule has 0 aromatic heterocycles. The predicted octanol–water partition coefficient (Wildman–Crippen LogP) is 3.95. The summed E-state index contributed by atoms with van der Waals surface area (Å²) >= 11 is 6.04. The Balaban J connectivity index is 2.06. The molecule has 1 fully saturated rings. The van der Waals surface area contributed by atoms with E-state index >= 15 is 0 Å². The van der Waals surface area contributed by atoms with Gasteiger partial charge in [0.2, 0.25) is 0 Å². The summed E-state index contributed by atoms with van der Waals surface area (Å²) in [5, 5.41) is 0. The van der Waals surface area contributed by atoms with Gasteiger partial charge in [-0.05, 0) is 37.2 Å². The van der Waals surface area contributed by atoms with Gasteiger partial charge in [-0.3, -0.25) is 0 Å². The number of benzene rings is 1. The van der Waals surface area contributed by atoms with Gasteiger partial charge in [0, 0.05) is 5.88 Å². The summed E-state index contributed by atoms with van der Waals surface area (Å²) in [5.74, 6) is 0.820. The zero-order chi connectivity index (χ0) is 10.0. The minimum Gasteiger partial charge on any atom is -0.126 e. The Kier molecular flexibility index (Phi) is 2.83. The van der Waals surface area contributed by atoms with Crippen molar-refractivity contribution in [3.63, 3.8) is 0 Å². The molecule has 0 N–H and O–H groups in total. The normalized spacial score (nSPS) is 19.0. The maximum absolute atomic E-state index is 6.04. The third-order valence-electron chi connectivity index (χ3n) is 3.40. The Morgan fingerprint density at radius 2 is 1.86 bits per heavy atom.